The average Bonchev–Trinajstić information content (AvgIpc) is 3.07. The number of methoxy groups -OCH3 is 1. The lowest BCUT2D eigenvalue weighted by molar-refractivity contribution is 0.166. The molecule has 1 aliphatic heterocycles. The summed E-state index contributed by atoms with van der Waals surface area (Å²) in [7, 11) is 4.03. The van der Waals surface area contributed by atoms with Crippen LogP contribution in [0.5, 0.6) is 0 Å². The predicted molar refractivity (Wildman–Crippen MR) is 66.7 cm³/mol. The molecule has 1 heterocycles. The zero-order valence-electron chi connectivity index (χ0n) is 10.8. The summed E-state index contributed by atoms with van der Waals surface area (Å²) in [5.74, 6) is 0. The third kappa shape index (κ3) is 3.44. The highest BCUT2D eigenvalue weighted by Gasteiger charge is 2.41. The fourth-order valence-electron chi connectivity index (χ4n) is 2.58. The number of likely N-dealkylation sites (tertiary alicyclic amines) is 1. The van der Waals surface area contributed by atoms with Gasteiger partial charge in [-0.1, -0.05) is 0 Å². The van der Waals surface area contributed by atoms with Crippen molar-refractivity contribution in [1.82, 2.24) is 10.2 Å². The van der Waals surface area contributed by atoms with Crippen molar-refractivity contribution in [3.8, 4) is 0 Å². The summed E-state index contributed by atoms with van der Waals surface area (Å²) in [6.45, 7) is 4.64. The molecule has 0 unspecified atom stereocenters. The van der Waals surface area contributed by atoms with Gasteiger partial charge in [-0.15, -0.1) is 0 Å². The largest absolute Gasteiger partial charge is 0.385 e. The molecule has 94 valence electrons. The van der Waals surface area contributed by atoms with Crippen LogP contribution in [-0.4, -0.2) is 51.3 Å². The zero-order valence-corrected chi connectivity index (χ0v) is 10.8. The second-order valence-corrected chi connectivity index (χ2v) is 5.70. The number of piperidine rings is 1. The van der Waals surface area contributed by atoms with E-state index in [1.54, 1.807) is 7.11 Å². The minimum atomic E-state index is 0.597. The Kier molecular flexibility index (Phi) is 4.22. The van der Waals surface area contributed by atoms with Crippen LogP contribution in [-0.2, 0) is 4.74 Å². The third-order valence-electron chi connectivity index (χ3n) is 4.28. The van der Waals surface area contributed by atoms with Gasteiger partial charge >= 0.3 is 0 Å². The summed E-state index contributed by atoms with van der Waals surface area (Å²) >= 11 is 0. The van der Waals surface area contributed by atoms with Crippen LogP contribution in [0.15, 0.2) is 0 Å². The molecule has 16 heavy (non-hydrogen) atoms. The SMILES string of the molecule is COCCC1(CNC2CCN(C)CC2)CC1. The van der Waals surface area contributed by atoms with Crippen molar-refractivity contribution >= 4 is 0 Å². The molecule has 0 radical (unpaired) electrons. The number of nitrogens with zero attached hydrogens (tertiary/aromatic N) is 1. The van der Waals surface area contributed by atoms with E-state index in [-0.39, 0.29) is 0 Å². The van der Waals surface area contributed by atoms with Crippen molar-refractivity contribution in [2.24, 2.45) is 5.41 Å². The van der Waals surface area contributed by atoms with Gasteiger partial charge in [-0.25, -0.2) is 0 Å². The Balaban J connectivity index is 1.63. The van der Waals surface area contributed by atoms with E-state index in [2.05, 4.69) is 17.3 Å². The molecule has 0 aromatic heterocycles. The Labute approximate surface area is 99.5 Å². The Hall–Kier alpha value is -0.120. The molecule has 1 aliphatic carbocycles. The van der Waals surface area contributed by atoms with Crippen LogP contribution in [0, 0.1) is 5.41 Å². The minimum absolute atomic E-state index is 0.597. The van der Waals surface area contributed by atoms with Gasteiger partial charge in [-0.05, 0) is 57.7 Å². The highest BCUT2D eigenvalue weighted by atomic mass is 16.5. The Bertz CT molecular complexity index is 208. The first kappa shape index (κ1) is 12.3. The number of ether oxygens (including phenoxy) is 1. The van der Waals surface area contributed by atoms with Gasteiger partial charge in [0, 0.05) is 26.3 Å². The maximum Gasteiger partial charge on any atom is 0.0468 e. The van der Waals surface area contributed by atoms with Gasteiger partial charge < -0.3 is 15.0 Å². The van der Waals surface area contributed by atoms with Crippen molar-refractivity contribution < 1.29 is 4.74 Å². The molecule has 2 fully saturated rings. The second kappa shape index (κ2) is 5.48. The van der Waals surface area contributed by atoms with Crippen LogP contribution in [0.3, 0.4) is 0 Å². The molecular formula is C13H26N2O. The molecule has 0 amide bonds. The Morgan fingerprint density at radius 3 is 2.56 bits per heavy atom. The van der Waals surface area contributed by atoms with Crippen LogP contribution in [0.2, 0.25) is 0 Å². The molecule has 3 heteroatoms. The first-order valence-corrected chi connectivity index (χ1v) is 6.65. The highest BCUT2D eigenvalue weighted by Crippen LogP contribution is 2.48. The van der Waals surface area contributed by atoms with Crippen molar-refractivity contribution in [1.29, 1.82) is 0 Å². The van der Waals surface area contributed by atoms with Crippen LogP contribution in [0.4, 0.5) is 0 Å². The molecule has 0 aromatic rings. The van der Waals surface area contributed by atoms with E-state index in [4.69, 9.17) is 4.74 Å². The topological polar surface area (TPSA) is 24.5 Å². The number of hydrogen-bond acceptors (Lipinski definition) is 3. The van der Waals surface area contributed by atoms with E-state index in [0.29, 0.717) is 5.41 Å². The van der Waals surface area contributed by atoms with Gasteiger partial charge in [0.2, 0.25) is 0 Å². The lowest BCUT2D eigenvalue weighted by Crippen LogP contribution is -2.42. The third-order valence-corrected chi connectivity index (χ3v) is 4.28. The van der Waals surface area contributed by atoms with Gasteiger partial charge in [0.1, 0.15) is 0 Å². The van der Waals surface area contributed by atoms with Crippen molar-refractivity contribution in [2.75, 3.05) is 40.4 Å². The quantitative estimate of drug-likeness (QED) is 0.742. The zero-order chi connectivity index (χ0) is 11.4. The molecule has 2 rings (SSSR count). The summed E-state index contributed by atoms with van der Waals surface area (Å²) in [6.07, 6.45) is 6.67. The Morgan fingerprint density at radius 2 is 2.00 bits per heavy atom. The van der Waals surface area contributed by atoms with Crippen LogP contribution >= 0.6 is 0 Å². The van der Waals surface area contributed by atoms with Crippen LogP contribution in [0.1, 0.15) is 32.1 Å². The van der Waals surface area contributed by atoms with Gasteiger partial charge in [-0.3, -0.25) is 0 Å². The second-order valence-electron chi connectivity index (χ2n) is 5.70. The smallest absolute Gasteiger partial charge is 0.0468 e. The van der Waals surface area contributed by atoms with Crippen molar-refractivity contribution in [2.45, 2.75) is 38.1 Å². The van der Waals surface area contributed by atoms with E-state index >= 15 is 0 Å². The summed E-state index contributed by atoms with van der Waals surface area (Å²) in [5, 5.41) is 3.77. The van der Waals surface area contributed by atoms with E-state index in [1.165, 1.54) is 51.7 Å². The molecule has 0 atom stereocenters. The predicted octanol–water partition coefficient (Wildman–Crippen LogP) is 1.49. The molecule has 0 spiro atoms. The maximum atomic E-state index is 5.19. The van der Waals surface area contributed by atoms with E-state index < -0.39 is 0 Å². The molecule has 0 aromatic carbocycles. The Morgan fingerprint density at radius 1 is 1.31 bits per heavy atom. The van der Waals surface area contributed by atoms with E-state index in [9.17, 15) is 0 Å². The van der Waals surface area contributed by atoms with E-state index in [0.717, 1.165) is 12.6 Å². The normalized spacial score (nSPS) is 25.9. The van der Waals surface area contributed by atoms with E-state index in [1.807, 2.05) is 0 Å². The monoisotopic (exact) mass is 226 g/mol. The summed E-state index contributed by atoms with van der Waals surface area (Å²) in [5.41, 5.74) is 0.597. The number of hydrogen-bond donors (Lipinski definition) is 1. The molecule has 0 bridgehead atoms. The first-order valence-electron chi connectivity index (χ1n) is 6.65. The number of nitrogens with one attached hydrogen (secondary N) is 1. The fourth-order valence-corrected chi connectivity index (χ4v) is 2.58. The number of rotatable bonds is 6. The average molecular weight is 226 g/mol. The molecule has 1 saturated carbocycles. The standard InChI is InChI=1S/C13H26N2O/c1-15-8-3-12(4-9-15)14-11-13(5-6-13)7-10-16-2/h12,14H,3-11H2,1-2H3. The molecule has 3 nitrogen and oxygen atoms in total. The molecular weight excluding hydrogens is 200 g/mol. The van der Waals surface area contributed by atoms with Gasteiger partial charge in [-0.2, -0.15) is 0 Å². The summed E-state index contributed by atoms with van der Waals surface area (Å²) in [4.78, 5) is 2.43. The molecule has 1 saturated heterocycles. The molecule has 2 aliphatic rings. The van der Waals surface area contributed by atoms with Gasteiger partial charge in [0.05, 0.1) is 0 Å². The lowest BCUT2D eigenvalue weighted by Gasteiger charge is -2.31. The van der Waals surface area contributed by atoms with Gasteiger partial charge in [0.15, 0.2) is 0 Å². The van der Waals surface area contributed by atoms with Crippen LogP contribution in [0.25, 0.3) is 0 Å². The van der Waals surface area contributed by atoms with Crippen molar-refractivity contribution in [3.05, 3.63) is 0 Å². The molecule has 1 N–H and O–H groups in total. The minimum Gasteiger partial charge on any atom is -0.385 e. The van der Waals surface area contributed by atoms with Gasteiger partial charge in [0.25, 0.3) is 0 Å². The summed E-state index contributed by atoms with van der Waals surface area (Å²) in [6, 6.07) is 0.760. The van der Waals surface area contributed by atoms with Crippen molar-refractivity contribution in [3.63, 3.8) is 0 Å². The highest BCUT2D eigenvalue weighted by molar-refractivity contribution is 4.95. The first-order chi connectivity index (χ1) is 7.74. The summed E-state index contributed by atoms with van der Waals surface area (Å²) < 4.78 is 5.19. The fraction of sp³-hybridized carbons (Fsp3) is 1.00. The maximum absolute atomic E-state index is 5.19. The van der Waals surface area contributed by atoms with Crippen LogP contribution < -0.4 is 5.32 Å². The lowest BCUT2D eigenvalue weighted by atomic mass is 10.0.